The summed E-state index contributed by atoms with van der Waals surface area (Å²) in [6.45, 7) is 1.70. The highest BCUT2D eigenvalue weighted by atomic mass is 16.4. The summed E-state index contributed by atoms with van der Waals surface area (Å²) in [5.41, 5.74) is 1.55. The second-order valence-corrected chi connectivity index (χ2v) is 3.76. The lowest BCUT2D eigenvalue weighted by Gasteiger charge is -2.06. The number of hydrogen-bond acceptors (Lipinski definition) is 3. The third-order valence-corrected chi connectivity index (χ3v) is 2.47. The van der Waals surface area contributed by atoms with Crippen molar-refractivity contribution in [3.05, 3.63) is 47.3 Å². The maximum Gasteiger partial charge on any atom is 0.336 e. The highest BCUT2D eigenvalue weighted by molar-refractivity contribution is 6.03. The average molecular weight is 245 g/mol. The van der Waals surface area contributed by atoms with Crippen LogP contribution < -0.4 is 5.32 Å². The van der Waals surface area contributed by atoms with Gasteiger partial charge in [-0.1, -0.05) is 6.07 Å². The van der Waals surface area contributed by atoms with Gasteiger partial charge in [0.15, 0.2) is 0 Å². The maximum absolute atomic E-state index is 11.7. The molecule has 0 fully saturated rings. The first-order valence-corrected chi connectivity index (χ1v) is 5.22. The van der Waals surface area contributed by atoms with Crippen molar-refractivity contribution in [1.82, 2.24) is 10.2 Å². The lowest BCUT2D eigenvalue weighted by atomic mass is 10.1. The predicted octanol–water partition coefficient (Wildman–Crippen LogP) is 1.67. The second-order valence-electron chi connectivity index (χ2n) is 3.76. The zero-order valence-electron chi connectivity index (χ0n) is 9.60. The van der Waals surface area contributed by atoms with Crippen LogP contribution in [-0.4, -0.2) is 27.2 Å². The SMILES string of the molecule is Cc1ccc(NC(=O)c2ccn[nH]2)cc1C(=O)O. The van der Waals surface area contributed by atoms with Gasteiger partial charge in [0.05, 0.1) is 5.56 Å². The standard InChI is InChI=1S/C12H11N3O3/c1-7-2-3-8(6-9(7)12(17)18)14-11(16)10-4-5-13-15-10/h2-6H,1H3,(H,13,15)(H,14,16)(H,17,18). The van der Waals surface area contributed by atoms with Crippen molar-refractivity contribution in [2.75, 3.05) is 5.32 Å². The van der Waals surface area contributed by atoms with Crippen molar-refractivity contribution in [2.24, 2.45) is 0 Å². The fourth-order valence-corrected chi connectivity index (χ4v) is 1.51. The molecular weight excluding hydrogens is 234 g/mol. The number of aryl methyl sites for hydroxylation is 1. The van der Waals surface area contributed by atoms with Crippen LogP contribution in [-0.2, 0) is 0 Å². The molecule has 0 spiro atoms. The van der Waals surface area contributed by atoms with Crippen molar-refractivity contribution in [3.63, 3.8) is 0 Å². The molecule has 1 aromatic carbocycles. The van der Waals surface area contributed by atoms with Gasteiger partial charge < -0.3 is 10.4 Å². The van der Waals surface area contributed by atoms with Crippen LogP contribution in [0.3, 0.4) is 0 Å². The van der Waals surface area contributed by atoms with Crippen molar-refractivity contribution >= 4 is 17.6 Å². The second kappa shape index (κ2) is 4.70. The molecule has 0 bridgehead atoms. The van der Waals surface area contributed by atoms with E-state index in [1.165, 1.54) is 18.3 Å². The quantitative estimate of drug-likeness (QED) is 0.766. The molecule has 6 nitrogen and oxygen atoms in total. The van der Waals surface area contributed by atoms with Crippen LogP contribution in [0, 0.1) is 6.92 Å². The monoisotopic (exact) mass is 245 g/mol. The maximum atomic E-state index is 11.7. The number of aromatic carboxylic acids is 1. The van der Waals surface area contributed by atoms with Crippen LogP contribution in [0.5, 0.6) is 0 Å². The summed E-state index contributed by atoms with van der Waals surface area (Å²) in [6.07, 6.45) is 1.47. The van der Waals surface area contributed by atoms with Gasteiger partial charge in [-0.25, -0.2) is 4.79 Å². The molecule has 0 atom stereocenters. The molecule has 0 saturated carbocycles. The smallest absolute Gasteiger partial charge is 0.336 e. The molecule has 0 saturated heterocycles. The summed E-state index contributed by atoms with van der Waals surface area (Å²) in [4.78, 5) is 22.7. The number of hydrogen-bond donors (Lipinski definition) is 3. The predicted molar refractivity (Wildman–Crippen MR) is 64.7 cm³/mol. The number of benzene rings is 1. The first-order chi connectivity index (χ1) is 8.58. The van der Waals surface area contributed by atoms with Crippen molar-refractivity contribution in [3.8, 4) is 0 Å². The molecule has 6 heteroatoms. The zero-order chi connectivity index (χ0) is 13.1. The number of carboxylic acids is 1. The molecule has 0 aliphatic carbocycles. The number of carbonyl (C=O) groups excluding carboxylic acids is 1. The molecule has 2 aromatic rings. The molecule has 92 valence electrons. The highest BCUT2D eigenvalue weighted by Gasteiger charge is 2.11. The number of H-pyrrole nitrogens is 1. The normalized spacial score (nSPS) is 10.1. The van der Waals surface area contributed by atoms with E-state index < -0.39 is 5.97 Å². The summed E-state index contributed by atoms with van der Waals surface area (Å²) < 4.78 is 0. The number of anilines is 1. The van der Waals surface area contributed by atoms with E-state index in [9.17, 15) is 9.59 Å². The molecule has 1 amide bonds. The lowest BCUT2D eigenvalue weighted by Crippen LogP contribution is -2.13. The van der Waals surface area contributed by atoms with E-state index >= 15 is 0 Å². The van der Waals surface area contributed by atoms with Gasteiger partial charge in [-0.05, 0) is 30.7 Å². The van der Waals surface area contributed by atoms with Crippen LogP contribution in [0.2, 0.25) is 0 Å². The fraction of sp³-hybridized carbons (Fsp3) is 0.0833. The molecule has 1 aromatic heterocycles. The van der Waals surface area contributed by atoms with Gasteiger partial charge in [-0.2, -0.15) is 5.10 Å². The van der Waals surface area contributed by atoms with Gasteiger partial charge in [0.25, 0.3) is 5.91 Å². The lowest BCUT2D eigenvalue weighted by molar-refractivity contribution is 0.0695. The minimum Gasteiger partial charge on any atom is -0.478 e. The van der Waals surface area contributed by atoms with Crippen LogP contribution in [0.15, 0.2) is 30.5 Å². The average Bonchev–Trinajstić information content (AvgIpc) is 2.85. The minimum absolute atomic E-state index is 0.164. The van der Waals surface area contributed by atoms with E-state index in [-0.39, 0.29) is 11.5 Å². The van der Waals surface area contributed by atoms with E-state index in [0.717, 1.165) is 0 Å². The molecule has 2 rings (SSSR count). The molecule has 1 heterocycles. The Morgan fingerprint density at radius 3 is 2.72 bits per heavy atom. The number of nitrogens with one attached hydrogen (secondary N) is 2. The van der Waals surface area contributed by atoms with Gasteiger partial charge in [-0.3, -0.25) is 9.89 Å². The van der Waals surface area contributed by atoms with E-state index in [4.69, 9.17) is 5.11 Å². The third kappa shape index (κ3) is 2.37. The molecule has 18 heavy (non-hydrogen) atoms. The Morgan fingerprint density at radius 1 is 1.33 bits per heavy atom. The Kier molecular flexibility index (Phi) is 3.09. The van der Waals surface area contributed by atoms with E-state index in [0.29, 0.717) is 16.9 Å². The van der Waals surface area contributed by atoms with Crippen LogP contribution >= 0.6 is 0 Å². The van der Waals surface area contributed by atoms with Gasteiger partial charge in [-0.15, -0.1) is 0 Å². The Labute approximate surface area is 103 Å². The zero-order valence-corrected chi connectivity index (χ0v) is 9.60. The molecule has 0 aliphatic rings. The number of carboxylic acid groups (broad SMARTS) is 1. The fourth-order valence-electron chi connectivity index (χ4n) is 1.51. The number of rotatable bonds is 3. The number of carbonyl (C=O) groups is 2. The molecule has 0 unspecified atom stereocenters. The molecule has 0 radical (unpaired) electrons. The summed E-state index contributed by atoms with van der Waals surface area (Å²) in [6, 6.07) is 6.25. The van der Waals surface area contributed by atoms with Gasteiger partial charge in [0.2, 0.25) is 0 Å². The molecular formula is C12H11N3O3. The number of nitrogens with zero attached hydrogens (tertiary/aromatic N) is 1. The third-order valence-electron chi connectivity index (χ3n) is 2.47. The van der Waals surface area contributed by atoms with E-state index in [1.807, 2.05) is 0 Å². The first kappa shape index (κ1) is 11.8. The van der Waals surface area contributed by atoms with Crippen LogP contribution in [0.25, 0.3) is 0 Å². The van der Waals surface area contributed by atoms with E-state index in [2.05, 4.69) is 15.5 Å². The van der Waals surface area contributed by atoms with Gasteiger partial charge >= 0.3 is 5.97 Å². The largest absolute Gasteiger partial charge is 0.478 e. The highest BCUT2D eigenvalue weighted by Crippen LogP contribution is 2.16. The summed E-state index contributed by atoms with van der Waals surface area (Å²) in [5, 5.41) is 17.8. The van der Waals surface area contributed by atoms with Gasteiger partial charge in [0.1, 0.15) is 5.69 Å². The Bertz CT molecular complexity index is 591. The van der Waals surface area contributed by atoms with Crippen molar-refractivity contribution in [2.45, 2.75) is 6.92 Å². The van der Waals surface area contributed by atoms with Crippen LogP contribution in [0.4, 0.5) is 5.69 Å². The molecule has 3 N–H and O–H groups in total. The number of aromatic nitrogens is 2. The number of aromatic amines is 1. The van der Waals surface area contributed by atoms with E-state index in [1.54, 1.807) is 19.1 Å². The van der Waals surface area contributed by atoms with Crippen molar-refractivity contribution in [1.29, 1.82) is 0 Å². The molecule has 0 aliphatic heterocycles. The topological polar surface area (TPSA) is 95.1 Å². The Balaban J connectivity index is 2.22. The first-order valence-electron chi connectivity index (χ1n) is 5.22. The summed E-state index contributed by atoms with van der Waals surface area (Å²) >= 11 is 0. The Morgan fingerprint density at radius 2 is 2.11 bits per heavy atom. The van der Waals surface area contributed by atoms with Gasteiger partial charge in [0, 0.05) is 11.9 Å². The number of amides is 1. The summed E-state index contributed by atoms with van der Waals surface area (Å²) in [7, 11) is 0. The summed E-state index contributed by atoms with van der Waals surface area (Å²) in [5.74, 6) is -1.39. The minimum atomic E-state index is -1.02. The Hall–Kier alpha value is -2.63. The van der Waals surface area contributed by atoms with Crippen molar-refractivity contribution < 1.29 is 14.7 Å². The van der Waals surface area contributed by atoms with Crippen LogP contribution in [0.1, 0.15) is 26.4 Å².